The molecule has 0 spiro atoms. The zero-order valence-corrected chi connectivity index (χ0v) is 7.99. The largest absolute Gasteiger partial charge is 0.368 e. The van der Waals surface area contributed by atoms with Crippen LogP contribution >= 0.6 is 0 Å². The molecule has 1 fully saturated rings. The van der Waals surface area contributed by atoms with Gasteiger partial charge in [0.2, 0.25) is 5.91 Å². The van der Waals surface area contributed by atoms with E-state index in [1.54, 1.807) is 0 Å². The van der Waals surface area contributed by atoms with E-state index in [4.69, 9.17) is 5.73 Å². The van der Waals surface area contributed by atoms with Crippen molar-refractivity contribution in [2.75, 3.05) is 6.54 Å². The van der Waals surface area contributed by atoms with E-state index in [9.17, 15) is 4.79 Å². The third-order valence-corrected chi connectivity index (χ3v) is 2.84. The fourth-order valence-electron chi connectivity index (χ4n) is 2.07. The Balaban J connectivity index is 2.42. The van der Waals surface area contributed by atoms with Crippen molar-refractivity contribution in [2.24, 2.45) is 5.73 Å². The van der Waals surface area contributed by atoms with Gasteiger partial charge in [0.1, 0.15) is 5.54 Å². The van der Waals surface area contributed by atoms with Crippen LogP contribution in [0.3, 0.4) is 0 Å². The molecule has 0 bridgehead atoms. The van der Waals surface area contributed by atoms with Gasteiger partial charge in [0, 0.05) is 0 Å². The van der Waals surface area contributed by atoms with Crippen molar-refractivity contribution in [3.05, 3.63) is 35.9 Å². The highest BCUT2D eigenvalue weighted by Gasteiger charge is 2.40. The summed E-state index contributed by atoms with van der Waals surface area (Å²) in [5.74, 6) is -0.277. The topological polar surface area (TPSA) is 55.1 Å². The minimum Gasteiger partial charge on any atom is -0.368 e. The van der Waals surface area contributed by atoms with Crippen LogP contribution in [-0.4, -0.2) is 12.5 Å². The summed E-state index contributed by atoms with van der Waals surface area (Å²) in [6, 6.07) is 9.69. The molecule has 74 valence electrons. The Labute approximate surface area is 83.3 Å². The van der Waals surface area contributed by atoms with Gasteiger partial charge in [-0.05, 0) is 24.9 Å². The molecule has 14 heavy (non-hydrogen) atoms. The average molecular weight is 190 g/mol. The summed E-state index contributed by atoms with van der Waals surface area (Å²) in [7, 11) is 0. The molecule has 3 heteroatoms. The lowest BCUT2D eigenvalue weighted by Gasteiger charge is -2.26. The molecule has 3 nitrogen and oxygen atoms in total. The predicted molar refractivity (Wildman–Crippen MR) is 54.6 cm³/mol. The molecular formula is C11H14N2O. The number of nitrogens with two attached hydrogens (primary N) is 1. The number of amides is 1. The maximum Gasteiger partial charge on any atom is 0.242 e. The maximum absolute atomic E-state index is 11.5. The molecule has 1 atom stereocenters. The molecule has 1 aromatic carbocycles. The first-order valence-electron chi connectivity index (χ1n) is 4.86. The molecule has 1 aliphatic heterocycles. The van der Waals surface area contributed by atoms with Gasteiger partial charge in [-0.1, -0.05) is 30.3 Å². The highest BCUT2D eigenvalue weighted by molar-refractivity contribution is 5.86. The van der Waals surface area contributed by atoms with Gasteiger partial charge < -0.3 is 5.73 Å². The number of rotatable bonds is 2. The summed E-state index contributed by atoms with van der Waals surface area (Å²) >= 11 is 0. The van der Waals surface area contributed by atoms with Gasteiger partial charge in [-0.25, -0.2) is 0 Å². The third kappa shape index (κ3) is 1.30. The number of hydrogen-bond donors (Lipinski definition) is 2. The van der Waals surface area contributed by atoms with E-state index < -0.39 is 5.54 Å². The standard InChI is InChI=1S/C11H14N2O/c12-10(14)11(7-4-8-13-11)9-5-2-1-3-6-9/h1-3,5-6,13H,4,7-8H2,(H2,12,14)/t11-/m0/s1. The summed E-state index contributed by atoms with van der Waals surface area (Å²) in [5, 5.41) is 3.21. The first-order valence-corrected chi connectivity index (χ1v) is 4.86. The van der Waals surface area contributed by atoms with Crippen molar-refractivity contribution in [3.8, 4) is 0 Å². The summed E-state index contributed by atoms with van der Waals surface area (Å²) in [6.45, 7) is 0.859. The summed E-state index contributed by atoms with van der Waals surface area (Å²) in [4.78, 5) is 11.5. The van der Waals surface area contributed by atoms with Crippen LogP contribution in [0.1, 0.15) is 18.4 Å². The van der Waals surface area contributed by atoms with E-state index in [1.807, 2.05) is 30.3 Å². The zero-order chi connectivity index (χ0) is 10.0. The molecule has 1 saturated heterocycles. The van der Waals surface area contributed by atoms with Crippen LogP contribution in [0.25, 0.3) is 0 Å². The summed E-state index contributed by atoms with van der Waals surface area (Å²) in [6.07, 6.45) is 1.80. The molecule has 1 amide bonds. The molecule has 0 aromatic heterocycles. The second-order valence-corrected chi connectivity index (χ2v) is 3.67. The second-order valence-electron chi connectivity index (χ2n) is 3.67. The van der Waals surface area contributed by atoms with Crippen molar-refractivity contribution < 1.29 is 4.79 Å². The first-order chi connectivity index (χ1) is 6.76. The monoisotopic (exact) mass is 190 g/mol. The van der Waals surface area contributed by atoms with Crippen molar-refractivity contribution in [1.29, 1.82) is 0 Å². The van der Waals surface area contributed by atoms with Gasteiger partial charge in [-0.15, -0.1) is 0 Å². The minimum atomic E-state index is -0.624. The molecule has 2 rings (SSSR count). The number of carbonyl (C=O) groups is 1. The lowest BCUT2D eigenvalue weighted by atomic mass is 9.88. The van der Waals surface area contributed by atoms with Crippen LogP contribution in [0.5, 0.6) is 0 Å². The summed E-state index contributed by atoms with van der Waals surface area (Å²) < 4.78 is 0. The molecule has 0 unspecified atom stereocenters. The van der Waals surface area contributed by atoms with Crippen molar-refractivity contribution in [3.63, 3.8) is 0 Å². The van der Waals surface area contributed by atoms with Gasteiger partial charge >= 0.3 is 0 Å². The fraction of sp³-hybridized carbons (Fsp3) is 0.364. The van der Waals surface area contributed by atoms with Gasteiger partial charge in [0.05, 0.1) is 0 Å². The first kappa shape index (κ1) is 9.21. The molecule has 3 N–H and O–H groups in total. The lowest BCUT2D eigenvalue weighted by Crippen LogP contribution is -2.48. The van der Waals surface area contributed by atoms with Crippen LogP contribution in [0.15, 0.2) is 30.3 Å². The van der Waals surface area contributed by atoms with E-state index in [-0.39, 0.29) is 5.91 Å². The van der Waals surface area contributed by atoms with E-state index in [0.717, 1.165) is 24.9 Å². The Bertz CT molecular complexity index is 328. The highest BCUT2D eigenvalue weighted by Crippen LogP contribution is 2.30. The van der Waals surface area contributed by atoms with Crippen molar-refractivity contribution in [1.82, 2.24) is 5.32 Å². The van der Waals surface area contributed by atoms with E-state index in [1.165, 1.54) is 0 Å². The van der Waals surface area contributed by atoms with Crippen LogP contribution in [0, 0.1) is 0 Å². The fourth-order valence-corrected chi connectivity index (χ4v) is 2.07. The Kier molecular flexibility index (Phi) is 2.25. The molecule has 1 heterocycles. The predicted octanol–water partition coefficient (Wildman–Crippen LogP) is 0.751. The maximum atomic E-state index is 11.5. The van der Waals surface area contributed by atoms with E-state index >= 15 is 0 Å². The van der Waals surface area contributed by atoms with E-state index in [2.05, 4.69) is 5.32 Å². The number of nitrogens with one attached hydrogen (secondary N) is 1. The Morgan fingerprint density at radius 2 is 2.07 bits per heavy atom. The SMILES string of the molecule is NC(=O)[C@@]1(c2ccccc2)CCCN1. The van der Waals surface area contributed by atoms with Gasteiger partial charge in [0.25, 0.3) is 0 Å². The van der Waals surface area contributed by atoms with Crippen LogP contribution in [0.4, 0.5) is 0 Å². The van der Waals surface area contributed by atoms with E-state index in [0.29, 0.717) is 0 Å². The van der Waals surface area contributed by atoms with Crippen LogP contribution < -0.4 is 11.1 Å². The molecular weight excluding hydrogens is 176 g/mol. The molecule has 0 saturated carbocycles. The summed E-state index contributed by atoms with van der Waals surface area (Å²) in [5.41, 5.74) is 5.82. The Morgan fingerprint density at radius 3 is 2.57 bits per heavy atom. The average Bonchev–Trinajstić information content (AvgIpc) is 2.69. The second kappa shape index (κ2) is 3.42. The van der Waals surface area contributed by atoms with Crippen molar-refractivity contribution >= 4 is 5.91 Å². The molecule has 1 aromatic rings. The van der Waals surface area contributed by atoms with Gasteiger partial charge in [-0.2, -0.15) is 0 Å². The number of hydrogen-bond acceptors (Lipinski definition) is 2. The zero-order valence-electron chi connectivity index (χ0n) is 7.99. The number of carbonyl (C=O) groups excluding carboxylic acids is 1. The number of benzene rings is 1. The Morgan fingerprint density at radius 1 is 1.36 bits per heavy atom. The molecule has 1 aliphatic rings. The Hall–Kier alpha value is -1.35. The van der Waals surface area contributed by atoms with Crippen LogP contribution in [0.2, 0.25) is 0 Å². The smallest absolute Gasteiger partial charge is 0.242 e. The third-order valence-electron chi connectivity index (χ3n) is 2.84. The molecule has 0 aliphatic carbocycles. The van der Waals surface area contributed by atoms with Gasteiger partial charge in [0.15, 0.2) is 0 Å². The minimum absolute atomic E-state index is 0.277. The van der Waals surface area contributed by atoms with Crippen LogP contribution in [-0.2, 0) is 10.3 Å². The van der Waals surface area contributed by atoms with Crippen molar-refractivity contribution in [2.45, 2.75) is 18.4 Å². The normalized spacial score (nSPS) is 26.3. The highest BCUT2D eigenvalue weighted by atomic mass is 16.1. The van der Waals surface area contributed by atoms with Gasteiger partial charge in [-0.3, -0.25) is 10.1 Å². The number of primary amides is 1. The lowest BCUT2D eigenvalue weighted by molar-refractivity contribution is -0.124. The quantitative estimate of drug-likeness (QED) is 0.723. The molecule has 0 radical (unpaired) electrons.